The van der Waals surface area contributed by atoms with Gasteiger partial charge in [-0.15, -0.1) is 17.4 Å². The fourth-order valence-corrected chi connectivity index (χ4v) is 5.05. The van der Waals surface area contributed by atoms with E-state index in [9.17, 15) is 9.90 Å². The highest BCUT2D eigenvalue weighted by molar-refractivity contribution is 6.35. The van der Waals surface area contributed by atoms with E-state index < -0.39 is 5.41 Å². The molecule has 5 rings (SSSR count). The number of hydrogen-bond donors (Lipinski definition) is 1. The lowest BCUT2D eigenvalue weighted by Crippen LogP contribution is -2.41. The van der Waals surface area contributed by atoms with E-state index >= 15 is 0 Å². The average Bonchev–Trinajstić information content (AvgIpc) is 3.39. The number of aromatic nitrogens is 3. The van der Waals surface area contributed by atoms with Gasteiger partial charge in [-0.3, -0.25) is 4.79 Å². The van der Waals surface area contributed by atoms with Crippen molar-refractivity contribution in [1.29, 1.82) is 0 Å². The second kappa shape index (κ2) is 9.28. The predicted molar refractivity (Wildman–Crippen MR) is 135 cm³/mol. The summed E-state index contributed by atoms with van der Waals surface area (Å²) < 4.78 is 1.65. The lowest BCUT2D eigenvalue weighted by molar-refractivity contribution is -0.123. The van der Waals surface area contributed by atoms with Gasteiger partial charge in [-0.2, -0.15) is 0 Å². The van der Waals surface area contributed by atoms with E-state index in [4.69, 9.17) is 18.0 Å². The Kier molecular flexibility index (Phi) is 6.02. The van der Waals surface area contributed by atoms with Crippen LogP contribution in [-0.4, -0.2) is 26.0 Å². The summed E-state index contributed by atoms with van der Waals surface area (Å²) in [5.41, 5.74) is 2.86. The summed E-state index contributed by atoms with van der Waals surface area (Å²) in [5.74, 6) is 2.82. The van der Waals surface area contributed by atoms with Gasteiger partial charge in [0, 0.05) is 24.6 Å². The van der Waals surface area contributed by atoms with Gasteiger partial charge in [0.1, 0.15) is 5.75 Å². The zero-order valence-electron chi connectivity index (χ0n) is 18.9. The molecule has 0 saturated heterocycles. The first kappa shape index (κ1) is 22.7. The summed E-state index contributed by atoms with van der Waals surface area (Å²) in [6.45, 7) is 0.751. The minimum absolute atomic E-state index is 0.0994. The van der Waals surface area contributed by atoms with Gasteiger partial charge in [0.25, 0.3) is 0 Å². The maximum absolute atomic E-state index is 14.1. The number of amides is 1. The number of para-hydroxylation sites is 2. The summed E-state index contributed by atoms with van der Waals surface area (Å²) in [6, 6.07) is 22.4. The summed E-state index contributed by atoms with van der Waals surface area (Å²) in [4.78, 5) is 15.8. The van der Waals surface area contributed by atoms with Gasteiger partial charge in [0.05, 0.1) is 34.9 Å². The highest BCUT2D eigenvalue weighted by atomic mass is 35.5. The van der Waals surface area contributed by atoms with Gasteiger partial charge < -0.3 is 10.0 Å². The maximum Gasteiger partial charge on any atom is 0.239 e. The van der Waals surface area contributed by atoms with E-state index in [0.717, 1.165) is 16.7 Å². The van der Waals surface area contributed by atoms with Crippen LogP contribution in [0.15, 0.2) is 79.0 Å². The van der Waals surface area contributed by atoms with Gasteiger partial charge in [-0.1, -0.05) is 77.5 Å². The molecule has 1 aliphatic heterocycles. The monoisotopic (exact) mass is 482 g/mol. The SMILES string of the molecule is C#CC[C@@]1(Cc2cn(Cc3ccccc3O)nn2)C(=O)N(Cc2ccccc2)c2c(Cl)cccc21. The lowest BCUT2D eigenvalue weighted by atomic mass is 9.75. The summed E-state index contributed by atoms with van der Waals surface area (Å²) >= 11 is 6.63. The van der Waals surface area contributed by atoms with Crippen LogP contribution in [0, 0.1) is 12.3 Å². The Morgan fingerprint density at radius 2 is 1.77 bits per heavy atom. The second-order valence-electron chi connectivity index (χ2n) is 8.69. The van der Waals surface area contributed by atoms with E-state index in [1.54, 1.807) is 34.0 Å². The van der Waals surface area contributed by atoms with Crippen molar-refractivity contribution in [3.63, 3.8) is 0 Å². The van der Waals surface area contributed by atoms with E-state index in [1.807, 2.05) is 54.6 Å². The smallest absolute Gasteiger partial charge is 0.239 e. The van der Waals surface area contributed by atoms with Crippen LogP contribution < -0.4 is 4.90 Å². The quantitative estimate of drug-likeness (QED) is 0.386. The van der Waals surface area contributed by atoms with Crippen LogP contribution in [0.1, 0.15) is 28.8 Å². The van der Waals surface area contributed by atoms with Gasteiger partial charge in [-0.05, 0) is 23.3 Å². The molecule has 0 radical (unpaired) electrons. The molecule has 0 spiro atoms. The lowest BCUT2D eigenvalue weighted by Gasteiger charge is -2.26. The minimum Gasteiger partial charge on any atom is -0.508 e. The molecule has 7 heteroatoms. The third kappa shape index (κ3) is 4.16. The summed E-state index contributed by atoms with van der Waals surface area (Å²) in [5, 5.41) is 19.2. The topological polar surface area (TPSA) is 71.2 Å². The number of hydrogen-bond acceptors (Lipinski definition) is 4. The molecule has 0 fully saturated rings. The number of phenols is 1. The van der Waals surface area contributed by atoms with E-state index in [0.29, 0.717) is 29.5 Å². The molecule has 1 aromatic heterocycles. The standard InChI is InChI=1S/C28H23ClN4O2/c1-2-15-28(16-22-19-32(31-30-22)18-21-11-6-7-14-25(21)34)23-12-8-13-24(29)26(23)33(27(28)35)17-20-9-4-3-5-10-20/h1,3-14,19,34H,15-18H2/t28-/m0/s1. The highest BCUT2D eigenvalue weighted by Crippen LogP contribution is 2.49. The number of aromatic hydroxyl groups is 1. The number of halogens is 1. The fourth-order valence-electron chi connectivity index (χ4n) is 4.77. The van der Waals surface area contributed by atoms with E-state index in [-0.39, 0.29) is 24.5 Å². The first-order valence-electron chi connectivity index (χ1n) is 11.3. The van der Waals surface area contributed by atoms with Crippen molar-refractivity contribution >= 4 is 23.2 Å². The zero-order valence-corrected chi connectivity index (χ0v) is 19.7. The van der Waals surface area contributed by atoms with Crippen LogP contribution in [0.4, 0.5) is 5.69 Å². The van der Waals surface area contributed by atoms with Crippen LogP contribution >= 0.6 is 11.6 Å². The fraction of sp³-hybridized carbons (Fsp3) is 0.179. The van der Waals surface area contributed by atoms with Crippen LogP contribution in [-0.2, 0) is 29.7 Å². The van der Waals surface area contributed by atoms with Gasteiger partial charge in [0.15, 0.2) is 0 Å². The molecule has 2 heterocycles. The third-order valence-corrected chi connectivity index (χ3v) is 6.71. The van der Waals surface area contributed by atoms with Crippen molar-refractivity contribution in [2.75, 3.05) is 4.90 Å². The Balaban J connectivity index is 1.51. The predicted octanol–water partition coefficient (Wildman–Crippen LogP) is 4.74. The Hall–Kier alpha value is -4.08. The Labute approximate surface area is 208 Å². The zero-order chi connectivity index (χ0) is 24.4. The second-order valence-corrected chi connectivity index (χ2v) is 9.10. The van der Waals surface area contributed by atoms with E-state index in [1.165, 1.54) is 0 Å². The maximum atomic E-state index is 14.1. The van der Waals surface area contributed by atoms with Crippen LogP contribution in [0.25, 0.3) is 0 Å². The van der Waals surface area contributed by atoms with Crippen LogP contribution in [0.5, 0.6) is 5.75 Å². The third-order valence-electron chi connectivity index (χ3n) is 6.41. The van der Waals surface area contributed by atoms with Crippen molar-refractivity contribution in [2.24, 2.45) is 0 Å². The van der Waals surface area contributed by atoms with Crippen LogP contribution in [0.2, 0.25) is 5.02 Å². The molecule has 35 heavy (non-hydrogen) atoms. The normalized spacial score (nSPS) is 16.8. The molecule has 0 bridgehead atoms. The molecule has 1 aliphatic rings. The molecule has 1 N–H and O–H groups in total. The summed E-state index contributed by atoms with van der Waals surface area (Å²) in [7, 11) is 0. The van der Waals surface area contributed by atoms with Gasteiger partial charge in [0.2, 0.25) is 5.91 Å². The number of phenolic OH excluding ortho intramolecular Hbond substituents is 1. The molecule has 4 aromatic rings. The number of carbonyl (C=O) groups is 1. The van der Waals surface area contributed by atoms with Crippen molar-refractivity contribution in [3.05, 3.63) is 106 Å². The molecule has 0 saturated carbocycles. The first-order valence-corrected chi connectivity index (χ1v) is 11.6. The largest absolute Gasteiger partial charge is 0.508 e. The molecule has 6 nitrogen and oxygen atoms in total. The highest BCUT2D eigenvalue weighted by Gasteiger charge is 2.51. The molecule has 0 aliphatic carbocycles. The number of nitrogens with zero attached hydrogens (tertiary/aromatic N) is 4. The number of fused-ring (bicyclic) bond motifs is 1. The van der Waals surface area contributed by atoms with Crippen molar-refractivity contribution in [1.82, 2.24) is 15.0 Å². The summed E-state index contributed by atoms with van der Waals surface area (Å²) in [6.07, 6.45) is 8.09. The number of carbonyl (C=O) groups excluding carboxylic acids is 1. The van der Waals surface area contributed by atoms with Crippen LogP contribution in [0.3, 0.4) is 0 Å². The Bertz CT molecular complexity index is 1430. The molecular formula is C28H23ClN4O2. The van der Waals surface area contributed by atoms with Gasteiger partial charge in [-0.25, -0.2) is 4.68 Å². The number of benzene rings is 3. The average molecular weight is 483 g/mol. The van der Waals surface area contributed by atoms with Crippen molar-refractivity contribution in [3.8, 4) is 18.1 Å². The number of terminal acetylenes is 1. The minimum atomic E-state index is -1.00. The molecule has 1 amide bonds. The molecule has 1 atom stereocenters. The van der Waals surface area contributed by atoms with Crippen molar-refractivity contribution in [2.45, 2.75) is 31.3 Å². The van der Waals surface area contributed by atoms with Crippen molar-refractivity contribution < 1.29 is 9.90 Å². The molecule has 0 unspecified atom stereocenters. The van der Waals surface area contributed by atoms with E-state index in [2.05, 4.69) is 16.2 Å². The number of anilines is 1. The van der Waals surface area contributed by atoms with Gasteiger partial charge >= 0.3 is 0 Å². The Morgan fingerprint density at radius 1 is 1.00 bits per heavy atom. The molecule has 174 valence electrons. The number of rotatable bonds is 7. The molecule has 3 aromatic carbocycles. The molecular weight excluding hydrogens is 460 g/mol. The first-order chi connectivity index (χ1) is 17.0. The Morgan fingerprint density at radius 3 is 2.54 bits per heavy atom.